The highest BCUT2D eigenvalue weighted by molar-refractivity contribution is 5.82. The summed E-state index contributed by atoms with van der Waals surface area (Å²) in [6, 6.07) is 0. The number of nitrogens with zero attached hydrogens (tertiary/aromatic N) is 4. The van der Waals surface area contributed by atoms with Crippen molar-refractivity contribution in [3.63, 3.8) is 0 Å². The van der Waals surface area contributed by atoms with Gasteiger partial charge in [0.05, 0.1) is 0 Å². The van der Waals surface area contributed by atoms with Gasteiger partial charge in [0.2, 0.25) is 5.95 Å². The fraction of sp³-hybridized carbons (Fsp3) is 0. The Morgan fingerprint density at radius 1 is 1.23 bits per heavy atom. The first-order chi connectivity index (χ1) is 6.31. The van der Waals surface area contributed by atoms with E-state index in [2.05, 4.69) is 19.9 Å². The third-order valence-electron chi connectivity index (χ3n) is 1.46. The van der Waals surface area contributed by atoms with Gasteiger partial charge in [-0.15, -0.1) is 0 Å². The van der Waals surface area contributed by atoms with E-state index in [9.17, 15) is 0 Å². The normalized spacial score (nSPS) is 10.2. The Bertz CT molecular complexity index is 444. The molecule has 7 heteroatoms. The van der Waals surface area contributed by atoms with Crippen LogP contribution >= 0.6 is 0 Å². The van der Waals surface area contributed by atoms with Crippen LogP contribution < -0.4 is 11.2 Å². The van der Waals surface area contributed by atoms with Crippen LogP contribution in [0.15, 0.2) is 12.4 Å². The predicted octanol–water partition coefficient (Wildman–Crippen LogP) is -0.197. The number of anilines is 2. The molecule has 13 heavy (non-hydrogen) atoms. The maximum absolute atomic E-state index is 8.70. The molecule has 7 nitrogen and oxygen atoms in total. The van der Waals surface area contributed by atoms with Crippen molar-refractivity contribution >= 4 is 22.9 Å². The predicted molar refractivity (Wildman–Crippen MR) is 44.9 cm³/mol. The second-order valence-electron chi connectivity index (χ2n) is 2.27. The second-order valence-corrected chi connectivity index (χ2v) is 2.27. The van der Waals surface area contributed by atoms with Crippen molar-refractivity contribution in [2.45, 2.75) is 0 Å². The van der Waals surface area contributed by atoms with Gasteiger partial charge in [-0.2, -0.15) is 9.97 Å². The number of nitrogens with one attached hydrogen (secondary N) is 1. The third kappa shape index (κ3) is 1.20. The first-order valence-corrected chi connectivity index (χ1v) is 3.45. The van der Waals surface area contributed by atoms with E-state index in [0.717, 1.165) is 0 Å². The number of rotatable bonds is 1. The molecule has 0 amide bonds. The van der Waals surface area contributed by atoms with Gasteiger partial charge >= 0.3 is 0 Å². The molecule has 2 heterocycles. The fourth-order valence-corrected chi connectivity index (χ4v) is 0.958. The van der Waals surface area contributed by atoms with Crippen molar-refractivity contribution < 1.29 is 5.21 Å². The number of hydrogen-bond acceptors (Lipinski definition) is 7. The maximum atomic E-state index is 8.70. The molecule has 0 fully saturated rings. The Morgan fingerprint density at radius 2 is 2.00 bits per heavy atom. The lowest BCUT2D eigenvalue weighted by Gasteiger charge is -2.01. The highest BCUT2D eigenvalue weighted by atomic mass is 16.5. The first-order valence-electron chi connectivity index (χ1n) is 3.45. The molecular formula is C6H6N6O. The van der Waals surface area contributed by atoms with Gasteiger partial charge in [-0.3, -0.25) is 10.7 Å². The number of nitrogens with two attached hydrogens (primary N) is 1. The Morgan fingerprint density at radius 3 is 2.77 bits per heavy atom. The topological polar surface area (TPSA) is 110 Å². The van der Waals surface area contributed by atoms with E-state index >= 15 is 0 Å². The van der Waals surface area contributed by atoms with Crippen molar-refractivity contribution in [2.24, 2.45) is 0 Å². The highest BCUT2D eigenvalue weighted by Crippen LogP contribution is 2.14. The van der Waals surface area contributed by atoms with Crippen molar-refractivity contribution in [2.75, 3.05) is 11.2 Å². The third-order valence-corrected chi connectivity index (χ3v) is 1.46. The number of hydrogen-bond donors (Lipinski definition) is 3. The molecule has 0 radical (unpaired) electrons. The van der Waals surface area contributed by atoms with Crippen molar-refractivity contribution in [3.8, 4) is 0 Å². The molecule has 0 aliphatic carbocycles. The summed E-state index contributed by atoms with van der Waals surface area (Å²) in [6.07, 6.45) is 2.96. The molecule has 0 atom stereocenters. The van der Waals surface area contributed by atoms with Gasteiger partial charge in [-0.25, -0.2) is 9.97 Å². The zero-order valence-electron chi connectivity index (χ0n) is 6.47. The van der Waals surface area contributed by atoms with Gasteiger partial charge in [0.15, 0.2) is 17.0 Å². The molecule has 0 aliphatic rings. The molecule has 66 valence electrons. The lowest BCUT2D eigenvalue weighted by atomic mass is 10.5. The summed E-state index contributed by atoms with van der Waals surface area (Å²) in [6.45, 7) is 0. The number of nitrogen functional groups attached to an aromatic ring is 1. The van der Waals surface area contributed by atoms with E-state index < -0.39 is 0 Å². The van der Waals surface area contributed by atoms with Crippen molar-refractivity contribution in [3.05, 3.63) is 12.4 Å². The minimum Gasteiger partial charge on any atom is -0.368 e. The number of aromatic nitrogens is 4. The van der Waals surface area contributed by atoms with Gasteiger partial charge in [-0.1, -0.05) is 0 Å². The average Bonchev–Trinajstić information content (AvgIpc) is 2.16. The van der Waals surface area contributed by atoms with Crippen LogP contribution in [0.3, 0.4) is 0 Å². The Labute approximate surface area is 72.6 Å². The number of fused-ring (bicyclic) bond motifs is 1. The lowest BCUT2D eigenvalue weighted by molar-refractivity contribution is 0.386. The van der Waals surface area contributed by atoms with Gasteiger partial charge in [-0.05, 0) is 0 Å². The molecule has 0 aromatic carbocycles. The van der Waals surface area contributed by atoms with Gasteiger partial charge < -0.3 is 5.73 Å². The summed E-state index contributed by atoms with van der Waals surface area (Å²) < 4.78 is 0. The monoisotopic (exact) mass is 178 g/mol. The van der Waals surface area contributed by atoms with E-state index in [0.29, 0.717) is 11.2 Å². The molecule has 0 unspecified atom stereocenters. The van der Waals surface area contributed by atoms with Crippen LogP contribution in [0.2, 0.25) is 0 Å². The van der Waals surface area contributed by atoms with Crippen LogP contribution in [0.25, 0.3) is 11.2 Å². The SMILES string of the molecule is Nc1nc(NO)c2nccnc2n1. The van der Waals surface area contributed by atoms with E-state index in [1.54, 1.807) is 0 Å². The maximum Gasteiger partial charge on any atom is 0.224 e. The molecule has 0 saturated carbocycles. The lowest BCUT2D eigenvalue weighted by Crippen LogP contribution is -2.03. The van der Waals surface area contributed by atoms with Crippen molar-refractivity contribution in [1.29, 1.82) is 0 Å². The quantitative estimate of drug-likeness (QED) is 0.519. The largest absolute Gasteiger partial charge is 0.368 e. The second kappa shape index (κ2) is 2.79. The van der Waals surface area contributed by atoms with Crippen LogP contribution in [-0.4, -0.2) is 25.1 Å². The Hall–Kier alpha value is -2.02. The molecule has 0 aliphatic heterocycles. The molecule has 2 rings (SSSR count). The highest BCUT2D eigenvalue weighted by Gasteiger charge is 2.06. The van der Waals surface area contributed by atoms with E-state index in [1.165, 1.54) is 12.4 Å². The summed E-state index contributed by atoms with van der Waals surface area (Å²) in [5.74, 6) is 0.181. The van der Waals surface area contributed by atoms with E-state index in [1.807, 2.05) is 5.48 Å². The zero-order valence-corrected chi connectivity index (χ0v) is 6.47. The fourth-order valence-electron chi connectivity index (χ4n) is 0.958. The van der Waals surface area contributed by atoms with Crippen LogP contribution in [-0.2, 0) is 0 Å². The smallest absolute Gasteiger partial charge is 0.224 e. The van der Waals surface area contributed by atoms with Crippen LogP contribution in [0.5, 0.6) is 0 Å². The zero-order chi connectivity index (χ0) is 9.26. The summed E-state index contributed by atoms with van der Waals surface area (Å²) >= 11 is 0. The molecule has 0 bridgehead atoms. The van der Waals surface area contributed by atoms with Crippen LogP contribution in [0.4, 0.5) is 11.8 Å². The average molecular weight is 178 g/mol. The summed E-state index contributed by atoms with van der Waals surface area (Å²) in [7, 11) is 0. The van der Waals surface area contributed by atoms with Gasteiger partial charge in [0, 0.05) is 12.4 Å². The standard InChI is InChI=1S/C6H6N6O/c7-6-10-4-3(5(11-6)12-13)8-1-2-9-4/h1-2,13H,(H3,7,9,10,11,12). The first kappa shape index (κ1) is 7.62. The minimum absolute atomic E-state index is 0.0320. The van der Waals surface area contributed by atoms with Crippen LogP contribution in [0, 0.1) is 0 Å². The van der Waals surface area contributed by atoms with E-state index in [-0.39, 0.29) is 11.8 Å². The molecule has 0 saturated heterocycles. The minimum atomic E-state index is 0.0320. The summed E-state index contributed by atoms with van der Waals surface area (Å²) in [4.78, 5) is 15.4. The molecule has 0 spiro atoms. The molecule has 4 N–H and O–H groups in total. The molecule has 2 aromatic heterocycles. The van der Waals surface area contributed by atoms with Gasteiger partial charge in [0.1, 0.15) is 0 Å². The molecule has 2 aromatic rings. The summed E-state index contributed by atoms with van der Waals surface area (Å²) in [5, 5.41) is 8.70. The van der Waals surface area contributed by atoms with Gasteiger partial charge in [0.25, 0.3) is 0 Å². The summed E-state index contributed by atoms with van der Waals surface area (Å²) in [5.41, 5.74) is 7.95. The van der Waals surface area contributed by atoms with Crippen molar-refractivity contribution in [1.82, 2.24) is 19.9 Å². The Balaban J connectivity index is 2.81. The van der Waals surface area contributed by atoms with E-state index in [4.69, 9.17) is 10.9 Å². The van der Waals surface area contributed by atoms with Crippen LogP contribution in [0.1, 0.15) is 0 Å². The Kier molecular flexibility index (Phi) is 1.64. The molecular weight excluding hydrogens is 172 g/mol.